The zero-order valence-electron chi connectivity index (χ0n) is 18.0. The third kappa shape index (κ3) is 4.26. The number of para-hydroxylation sites is 1. The average molecular weight is 415 g/mol. The number of anilines is 2. The molecule has 0 radical (unpaired) electrons. The molecule has 5 heteroatoms. The van der Waals surface area contributed by atoms with Gasteiger partial charge in [0.05, 0.1) is 25.4 Å². The van der Waals surface area contributed by atoms with E-state index in [4.69, 9.17) is 9.47 Å². The highest BCUT2D eigenvalue weighted by molar-refractivity contribution is 6.05. The third-order valence-corrected chi connectivity index (χ3v) is 5.30. The van der Waals surface area contributed by atoms with Crippen molar-refractivity contribution in [2.75, 3.05) is 23.9 Å². The molecule has 31 heavy (non-hydrogen) atoms. The molecule has 1 aliphatic rings. The molecule has 0 fully saturated rings. The first-order valence-corrected chi connectivity index (χ1v) is 10.4. The maximum atomic E-state index is 13.5. The minimum atomic E-state index is -0.296. The summed E-state index contributed by atoms with van der Waals surface area (Å²) in [6.45, 7) is 4.57. The lowest BCUT2D eigenvalue weighted by atomic mass is 9.95. The van der Waals surface area contributed by atoms with Crippen LogP contribution < -0.4 is 15.0 Å². The summed E-state index contributed by atoms with van der Waals surface area (Å²) >= 11 is 0. The molecule has 0 saturated heterocycles. The smallest absolute Gasteiger partial charge is 0.327 e. The van der Waals surface area contributed by atoms with Crippen LogP contribution in [-0.4, -0.2) is 19.7 Å². The molecule has 5 nitrogen and oxygen atoms in total. The van der Waals surface area contributed by atoms with Crippen molar-refractivity contribution in [3.8, 4) is 5.75 Å². The molecule has 0 aliphatic carbocycles. The van der Waals surface area contributed by atoms with Crippen LogP contribution in [0.4, 0.5) is 16.2 Å². The van der Waals surface area contributed by atoms with E-state index >= 15 is 0 Å². The number of methoxy groups -OCH3 is 1. The fraction of sp³-hybridized carbons (Fsp3) is 0.192. The largest absolute Gasteiger partial charge is 0.497 e. The first-order chi connectivity index (χ1) is 15.1. The Morgan fingerprint density at radius 3 is 2.39 bits per heavy atom. The van der Waals surface area contributed by atoms with Gasteiger partial charge in [0, 0.05) is 11.3 Å². The summed E-state index contributed by atoms with van der Waals surface area (Å²) in [4.78, 5) is 15.3. The van der Waals surface area contributed by atoms with Crippen LogP contribution in [0, 0.1) is 6.92 Å². The van der Waals surface area contributed by atoms with Crippen molar-refractivity contribution < 1.29 is 14.3 Å². The lowest BCUT2D eigenvalue weighted by molar-refractivity contribution is 0.255. The van der Waals surface area contributed by atoms with Crippen LogP contribution in [0.15, 0.2) is 78.9 Å². The molecule has 1 unspecified atom stereocenters. The van der Waals surface area contributed by atoms with Gasteiger partial charge >= 0.3 is 6.03 Å². The predicted octanol–water partition coefficient (Wildman–Crippen LogP) is 6.17. The van der Waals surface area contributed by atoms with Crippen molar-refractivity contribution in [3.63, 3.8) is 0 Å². The van der Waals surface area contributed by atoms with Gasteiger partial charge in [0.25, 0.3) is 0 Å². The van der Waals surface area contributed by atoms with Gasteiger partial charge in [-0.25, -0.2) is 4.79 Å². The van der Waals surface area contributed by atoms with Crippen LogP contribution in [-0.2, 0) is 4.74 Å². The number of carbonyl (C=O) groups is 1. The Kier molecular flexibility index (Phi) is 5.94. The second kappa shape index (κ2) is 8.96. The van der Waals surface area contributed by atoms with Crippen molar-refractivity contribution >= 4 is 23.2 Å². The van der Waals surface area contributed by atoms with Crippen LogP contribution >= 0.6 is 0 Å². The fourth-order valence-corrected chi connectivity index (χ4v) is 3.73. The summed E-state index contributed by atoms with van der Waals surface area (Å²) in [5.41, 5.74) is 4.60. The molecule has 1 heterocycles. The summed E-state index contributed by atoms with van der Waals surface area (Å²) in [6.07, 6.45) is 2.02. The normalized spacial score (nSPS) is 15.0. The lowest BCUT2D eigenvalue weighted by Gasteiger charge is -2.36. The molecule has 3 aromatic carbocycles. The number of aryl methyl sites for hydroxylation is 1. The number of amides is 2. The number of nitrogens with one attached hydrogen (secondary N) is 1. The van der Waals surface area contributed by atoms with Gasteiger partial charge in [-0.15, -0.1) is 0 Å². The SMILES string of the molecule is CCOC1=CC(c2ccc(C)cc2)N(C(=O)Nc2ccc(OC)cc2)c2ccccc21. The highest BCUT2D eigenvalue weighted by Crippen LogP contribution is 2.41. The van der Waals surface area contributed by atoms with E-state index < -0.39 is 0 Å². The van der Waals surface area contributed by atoms with E-state index in [1.165, 1.54) is 5.56 Å². The van der Waals surface area contributed by atoms with Gasteiger partial charge in [0.2, 0.25) is 0 Å². The van der Waals surface area contributed by atoms with E-state index in [2.05, 4.69) is 36.5 Å². The van der Waals surface area contributed by atoms with Gasteiger partial charge < -0.3 is 14.8 Å². The molecular weight excluding hydrogens is 388 g/mol. The Labute approximate surface area is 182 Å². The first-order valence-electron chi connectivity index (χ1n) is 10.4. The van der Waals surface area contributed by atoms with Gasteiger partial charge in [0.1, 0.15) is 11.5 Å². The number of urea groups is 1. The highest BCUT2D eigenvalue weighted by Gasteiger charge is 2.33. The minimum Gasteiger partial charge on any atom is -0.497 e. The number of hydrogen-bond donors (Lipinski definition) is 1. The zero-order chi connectivity index (χ0) is 21.8. The molecule has 1 N–H and O–H groups in total. The van der Waals surface area contributed by atoms with Crippen LogP contribution in [0.1, 0.15) is 29.7 Å². The van der Waals surface area contributed by atoms with Gasteiger partial charge in [-0.2, -0.15) is 0 Å². The highest BCUT2D eigenvalue weighted by atomic mass is 16.5. The molecule has 158 valence electrons. The molecule has 1 aliphatic heterocycles. The lowest BCUT2D eigenvalue weighted by Crippen LogP contribution is -2.40. The molecule has 3 aromatic rings. The number of benzene rings is 3. The Balaban J connectivity index is 1.75. The predicted molar refractivity (Wildman–Crippen MR) is 124 cm³/mol. The van der Waals surface area contributed by atoms with Gasteiger partial charge in [-0.1, -0.05) is 42.0 Å². The second-order valence-electron chi connectivity index (χ2n) is 7.37. The molecule has 0 bridgehead atoms. The Bertz CT molecular complexity index is 1090. The molecular formula is C26H26N2O3. The Morgan fingerprint density at radius 2 is 1.71 bits per heavy atom. The van der Waals surface area contributed by atoms with Crippen molar-refractivity contribution in [2.24, 2.45) is 0 Å². The first kappa shape index (κ1) is 20.5. The van der Waals surface area contributed by atoms with E-state index in [1.54, 1.807) is 12.0 Å². The summed E-state index contributed by atoms with van der Waals surface area (Å²) in [5, 5.41) is 3.02. The molecule has 0 spiro atoms. The van der Waals surface area contributed by atoms with E-state index in [0.717, 1.165) is 28.3 Å². The van der Waals surface area contributed by atoms with Crippen molar-refractivity contribution in [2.45, 2.75) is 19.9 Å². The second-order valence-corrected chi connectivity index (χ2v) is 7.37. The van der Waals surface area contributed by atoms with Crippen LogP contribution in [0.25, 0.3) is 5.76 Å². The Hall–Kier alpha value is -3.73. The minimum absolute atomic E-state index is 0.213. The molecule has 2 amide bonds. The monoisotopic (exact) mass is 414 g/mol. The van der Waals surface area contributed by atoms with E-state index in [1.807, 2.05) is 61.5 Å². The maximum absolute atomic E-state index is 13.5. The van der Waals surface area contributed by atoms with E-state index in [0.29, 0.717) is 12.3 Å². The van der Waals surface area contributed by atoms with E-state index in [-0.39, 0.29) is 12.1 Å². The van der Waals surface area contributed by atoms with Crippen molar-refractivity contribution in [1.82, 2.24) is 0 Å². The maximum Gasteiger partial charge on any atom is 0.327 e. The fourth-order valence-electron chi connectivity index (χ4n) is 3.73. The van der Waals surface area contributed by atoms with Crippen LogP contribution in [0.3, 0.4) is 0 Å². The zero-order valence-corrected chi connectivity index (χ0v) is 18.0. The summed E-state index contributed by atoms with van der Waals surface area (Å²) in [5.74, 6) is 1.53. The topological polar surface area (TPSA) is 50.8 Å². The number of ether oxygens (including phenoxy) is 2. The number of nitrogens with zero attached hydrogens (tertiary/aromatic N) is 1. The van der Waals surface area contributed by atoms with Crippen molar-refractivity contribution in [1.29, 1.82) is 0 Å². The van der Waals surface area contributed by atoms with Gasteiger partial charge in [-0.05, 0) is 61.9 Å². The number of fused-ring (bicyclic) bond motifs is 1. The quantitative estimate of drug-likeness (QED) is 0.543. The number of hydrogen-bond acceptors (Lipinski definition) is 3. The molecule has 1 atom stereocenters. The number of rotatable bonds is 5. The average Bonchev–Trinajstić information content (AvgIpc) is 2.80. The van der Waals surface area contributed by atoms with E-state index in [9.17, 15) is 4.79 Å². The standard InChI is InChI=1S/C26H26N2O3/c1-4-31-25-17-24(19-11-9-18(2)10-12-19)28(23-8-6-5-7-22(23)25)26(29)27-20-13-15-21(30-3)16-14-20/h5-17,24H,4H2,1-3H3,(H,27,29). The molecule has 0 aromatic heterocycles. The molecule has 0 saturated carbocycles. The Morgan fingerprint density at radius 1 is 1.00 bits per heavy atom. The van der Waals surface area contributed by atoms with Crippen LogP contribution in [0.2, 0.25) is 0 Å². The van der Waals surface area contributed by atoms with Gasteiger partial charge in [-0.3, -0.25) is 4.90 Å². The summed E-state index contributed by atoms with van der Waals surface area (Å²) < 4.78 is 11.2. The van der Waals surface area contributed by atoms with Gasteiger partial charge in [0.15, 0.2) is 0 Å². The summed E-state index contributed by atoms with van der Waals surface area (Å²) in [7, 11) is 1.62. The van der Waals surface area contributed by atoms with Crippen LogP contribution in [0.5, 0.6) is 5.75 Å². The molecule has 4 rings (SSSR count). The summed E-state index contributed by atoms with van der Waals surface area (Å²) in [6, 6.07) is 22.9. The third-order valence-electron chi connectivity index (χ3n) is 5.30. The van der Waals surface area contributed by atoms with Crippen molar-refractivity contribution in [3.05, 3.63) is 95.6 Å². The number of carbonyl (C=O) groups excluding carboxylic acids is 1.